The van der Waals surface area contributed by atoms with E-state index in [0.717, 1.165) is 6.42 Å². The highest BCUT2D eigenvalue weighted by molar-refractivity contribution is 5.35. The lowest BCUT2D eigenvalue weighted by Gasteiger charge is -2.17. The molecule has 0 fully saturated rings. The van der Waals surface area contributed by atoms with Crippen LogP contribution < -0.4 is 0 Å². The quantitative estimate of drug-likeness (QED) is 0.670. The molecule has 0 saturated heterocycles. The average molecular weight is 266 g/mol. The SMILES string of the molecule is CCC(Cc1ccc(C)c(C)c1)c1ccc(C)c(C)c1. The van der Waals surface area contributed by atoms with E-state index >= 15 is 0 Å². The maximum absolute atomic E-state index is 2.37. The second-order valence-electron chi connectivity index (χ2n) is 6.07. The molecule has 0 heterocycles. The van der Waals surface area contributed by atoms with Gasteiger partial charge in [0.15, 0.2) is 0 Å². The first-order valence-corrected chi connectivity index (χ1v) is 7.64. The van der Waals surface area contributed by atoms with Crippen molar-refractivity contribution in [3.05, 3.63) is 69.8 Å². The first-order valence-electron chi connectivity index (χ1n) is 7.64. The van der Waals surface area contributed by atoms with Crippen LogP contribution in [0.4, 0.5) is 0 Å². The van der Waals surface area contributed by atoms with E-state index in [1.54, 1.807) is 0 Å². The van der Waals surface area contributed by atoms with E-state index in [1.807, 2.05) is 0 Å². The predicted molar refractivity (Wildman–Crippen MR) is 88.6 cm³/mol. The minimum absolute atomic E-state index is 0.622. The van der Waals surface area contributed by atoms with Gasteiger partial charge in [0.25, 0.3) is 0 Å². The van der Waals surface area contributed by atoms with Gasteiger partial charge in [0.1, 0.15) is 0 Å². The third kappa shape index (κ3) is 3.30. The number of aryl methyl sites for hydroxylation is 4. The minimum atomic E-state index is 0.622. The largest absolute Gasteiger partial charge is 0.0648 e. The molecular weight excluding hydrogens is 240 g/mol. The summed E-state index contributed by atoms with van der Waals surface area (Å²) in [6, 6.07) is 13.8. The van der Waals surface area contributed by atoms with Crippen LogP contribution >= 0.6 is 0 Å². The second kappa shape index (κ2) is 6.26. The molecule has 0 aliphatic heterocycles. The van der Waals surface area contributed by atoms with Crippen molar-refractivity contribution >= 4 is 0 Å². The summed E-state index contributed by atoms with van der Waals surface area (Å²) in [7, 11) is 0. The van der Waals surface area contributed by atoms with Crippen molar-refractivity contribution in [3.63, 3.8) is 0 Å². The van der Waals surface area contributed by atoms with Gasteiger partial charge in [-0.15, -0.1) is 0 Å². The summed E-state index contributed by atoms with van der Waals surface area (Å²) in [5.74, 6) is 0.622. The van der Waals surface area contributed by atoms with E-state index in [9.17, 15) is 0 Å². The summed E-state index contributed by atoms with van der Waals surface area (Å²) >= 11 is 0. The molecule has 0 aliphatic rings. The summed E-state index contributed by atoms with van der Waals surface area (Å²) in [5, 5.41) is 0. The summed E-state index contributed by atoms with van der Waals surface area (Å²) in [5.41, 5.74) is 8.51. The van der Waals surface area contributed by atoms with Crippen molar-refractivity contribution in [2.75, 3.05) is 0 Å². The molecule has 2 rings (SSSR count). The van der Waals surface area contributed by atoms with Crippen LogP contribution in [0, 0.1) is 27.7 Å². The Kier molecular flexibility index (Phi) is 4.65. The molecule has 0 N–H and O–H groups in total. The third-order valence-electron chi connectivity index (χ3n) is 4.55. The fourth-order valence-electron chi connectivity index (χ4n) is 2.73. The van der Waals surface area contributed by atoms with Crippen molar-refractivity contribution in [3.8, 4) is 0 Å². The van der Waals surface area contributed by atoms with Crippen LogP contribution in [0.5, 0.6) is 0 Å². The lowest BCUT2D eigenvalue weighted by molar-refractivity contribution is 0.659. The second-order valence-corrected chi connectivity index (χ2v) is 6.07. The molecule has 0 aromatic heterocycles. The molecule has 0 nitrogen and oxygen atoms in total. The highest BCUT2D eigenvalue weighted by Crippen LogP contribution is 2.26. The van der Waals surface area contributed by atoms with Crippen LogP contribution in [0.25, 0.3) is 0 Å². The van der Waals surface area contributed by atoms with Gasteiger partial charge in [0.2, 0.25) is 0 Å². The topological polar surface area (TPSA) is 0 Å². The Morgan fingerprint density at radius 3 is 1.90 bits per heavy atom. The molecule has 2 aromatic rings. The van der Waals surface area contributed by atoms with E-state index in [-0.39, 0.29) is 0 Å². The van der Waals surface area contributed by atoms with Crippen LogP contribution in [-0.2, 0) is 6.42 Å². The van der Waals surface area contributed by atoms with Gasteiger partial charge in [-0.3, -0.25) is 0 Å². The van der Waals surface area contributed by atoms with E-state index in [0.29, 0.717) is 5.92 Å². The van der Waals surface area contributed by atoms with Crippen molar-refractivity contribution in [2.45, 2.75) is 53.4 Å². The van der Waals surface area contributed by atoms with Crippen LogP contribution in [-0.4, -0.2) is 0 Å². The summed E-state index contributed by atoms with van der Waals surface area (Å²) in [6.45, 7) is 11.1. The van der Waals surface area contributed by atoms with Gasteiger partial charge in [-0.05, 0) is 79.8 Å². The molecule has 20 heavy (non-hydrogen) atoms. The van der Waals surface area contributed by atoms with E-state index in [1.165, 1.54) is 39.8 Å². The number of hydrogen-bond acceptors (Lipinski definition) is 0. The van der Waals surface area contributed by atoms with Gasteiger partial charge in [-0.2, -0.15) is 0 Å². The molecule has 2 aromatic carbocycles. The zero-order valence-electron chi connectivity index (χ0n) is 13.5. The van der Waals surface area contributed by atoms with Gasteiger partial charge >= 0.3 is 0 Å². The lowest BCUT2D eigenvalue weighted by Crippen LogP contribution is -2.03. The standard InChI is InChI=1S/C20H26/c1-6-19(20-10-8-15(3)17(5)12-20)13-18-9-7-14(2)16(4)11-18/h7-12,19H,6,13H2,1-5H3. The van der Waals surface area contributed by atoms with Crippen LogP contribution in [0.3, 0.4) is 0 Å². The van der Waals surface area contributed by atoms with Gasteiger partial charge in [0.05, 0.1) is 0 Å². The monoisotopic (exact) mass is 266 g/mol. The number of hydrogen-bond donors (Lipinski definition) is 0. The molecule has 0 heteroatoms. The predicted octanol–water partition coefficient (Wildman–Crippen LogP) is 5.66. The minimum Gasteiger partial charge on any atom is -0.0648 e. The first kappa shape index (κ1) is 14.8. The van der Waals surface area contributed by atoms with Crippen molar-refractivity contribution in [1.82, 2.24) is 0 Å². The molecule has 0 spiro atoms. The Hall–Kier alpha value is -1.56. The molecule has 0 amide bonds. The van der Waals surface area contributed by atoms with Crippen molar-refractivity contribution < 1.29 is 0 Å². The summed E-state index contributed by atoms with van der Waals surface area (Å²) in [4.78, 5) is 0. The zero-order valence-corrected chi connectivity index (χ0v) is 13.5. The molecule has 106 valence electrons. The Balaban J connectivity index is 2.23. The van der Waals surface area contributed by atoms with Gasteiger partial charge in [0, 0.05) is 0 Å². The summed E-state index contributed by atoms with van der Waals surface area (Å²) < 4.78 is 0. The fraction of sp³-hybridized carbons (Fsp3) is 0.400. The van der Waals surface area contributed by atoms with E-state index in [2.05, 4.69) is 71.0 Å². The molecule has 1 unspecified atom stereocenters. The normalized spacial score (nSPS) is 12.4. The van der Waals surface area contributed by atoms with E-state index in [4.69, 9.17) is 0 Å². The van der Waals surface area contributed by atoms with Gasteiger partial charge < -0.3 is 0 Å². The number of benzene rings is 2. The Morgan fingerprint density at radius 2 is 1.35 bits per heavy atom. The highest BCUT2D eigenvalue weighted by Gasteiger charge is 2.11. The van der Waals surface area contributed by atoms with Crippen LogP contribution in [0.15, 0.2) is 36.4 Å². The number of rotatable bonds is 4. The van der Waals surface area contributed by atoms with E-state index < -0.39 is 0 Å². The fourth-order valence-corrected chi connectivity index (χ4v) is 2.73. The van der Waals surface area contributed by atoms with Crippen molar-refractivity contribution in [1.29, 1.82) is 0 Å². The Labute approximate surface area is 123 Å². The highest BCUT2D eigenvalue weighted by atomic mass is 14.2. The zero-order chi connectivity index (χ0) is 14.7. The first-order chi connectivity index (χ1) is 9.51. The third-order valence-corrected chi connectivity index (χ3v) is 4.55. The maximum atomic E-state index is 2.37. The molecule has 0 radical (unpaired) electrons. The molecule has 0 bridgehead atoms. The summed E-state index contributed by atoms with van der Waals surface area (Å²) in [6.07, 6.45) is 2.33. The van der Waals surface area contributed by atoms with Gasteiger partial charge in [-0.25, -0.2) is 0 Å². The van der Waals surface area contributed by atoms with Crippen LogP contribution in [0.1, 0.15) is 52.6 Å². The molecule has 1 atom stereocenters. The molecule has 0 aliphatic carbocycles. The smallest absolute Gasteiger partial charge is 0.0124 e. The molecular formula is C20H26. The van der Waals surface area contributed by atoms with Gasteiger partial charge in [-0.1, -0.05) is 43.3 Å². The Morgan fingerprint density at radius 1 is 0.750 bits per heavy atom. The Bertz CT molecular complexity index is 593. The molecule has 0 saturated carbocycles. The van der Waals surface area contributed by atoms with Crippen molar-refractivity contribution in [2.24, 2.45) is 0 Å². The average Bonchev–Trinajstić information content (AvgIpc) is 2.43. The van der Waals surface area contributed by atoms with Crippen LogP contribution in [0.2, 0.25) is 0 Å². The maximum Gasteiger partial charge on any atom is -0.0124 e. The lowest BCUT2D eigenvalue weighted by atomic mass is 9.87.